The van der Waals surface area contributed by atoms with Crippen molar-refractivity contribution in [3.05, 3.63) is 0 Å². The average molecular weight is 221 g/mol. The number of hydrogen-bond donors (Lipinski definition) is 3. The zero-order valence-corrected chi connectivity index (χ0v) is 8.90. The maximum absolute atomic E-state index is 11.6. The first-order chi connectivity index (χ1) is 6.23. The van der Waals surface area contributed by atoms with Gasteiger partial charge in [0.15, 0.2) is 0 Å². The number of halogens is 1. The van der Waals surface area contributed by atoms with Crippen LogP contribution < -0.4 is 10.6 Å². The lowest BCUT2D eigenvalue weighted by Crippen LogP contribution is -2.64. The Balaban J connectivity index is 0.000000980. The largest absolute Gasteiger partial charge is 0.393 e. The third-order valence-electron chi connectivity index (χ3n) is 3.12. The molecular weight excluding hydrogens is 204 g/mol. The third kappa shape index (κ3) is 2.02. The van der Waals surface area contributed by atoms with E-state index in [0.29, 0.717) is 0 Å². The van der Waals surface area contributed by atoms with Crippen LogP contribution >= 0.6 is 12.4 Å². The second-order valence-corrected chi connectivity index (χ2v) is 4.00. The van der Waals surface area contributed by atoms with Crippen molar-refractivity contribution in [2.45, 2.75) is 37.3 Å². The average Bonchev–Trinajstić information content (AvgIpc) is 2.15. The fourth-order valence-electron chi connectivity index (χ4n) is 2.23. The standard InChI is InChI=1S/C9H16N2O2.ClH/c12-7-1-3-9(4-2-7)8(13)10-5-6-11-9;/h7,11-12H,1-6H2,(H,10,13);1H/t7-,9-;. The van der Waals surface area contributed by atoms with E-state index in [1.54, 1.807) is 0 Å². The Labute approximate surface area is 89.9 Å². The molecule has 2 rings (SSSR count). The molecule has 0 atom stereocenters. The Bertz CT molecular complexity index is 215. The van der Waals surface area contributed by atoms with E-state index in [0.717, 1.165) is 38.8 Å². The Morgan fingerprint density at radius 3 is 2.50 bits per heavy atom. The minimum absolute atomic E-state index is 0. The highest BCUT2D eigenvalue weighted by molar-refractivity contribution is 5.87. The molecule has 0 aromatic rings. The molecule has 1 saturated heterocycles. The zero-order chi connectivity index (χ0) is 9.31. The van der Waals surface area contributed by atoms with Gasteiger partial charge in [-0.05, 0) is 25.7 Å². The number of carbonyl (C=O) groups excluding carboxylic acids is 1. The molecule has 0 aromatic heterocycles. The molecular formula is C9H17ClN2O2. The van der Waals surface area contributed by atoms with Gasteiger partial charge in [-0.2, -0.15) is 0 Å². The van der Waals surface area contributed by atoms with Gasteiger partial charge in [-0.15, -0.1) is 12.4 Å². The van der Waals surface area contributed by atoms with Crippen LogP contribution in [-0.2, 0) is 4.79 Å². The number of rotatable bonds is 0. The first-order valence-electron chi connectivity index (χ1n) is 4.94. The summed E-state index contributed by atoms with van der Waals surface area (Å²) in [5.74, 6) is 0.116. The van der Waals surface area contributed by atoms with Gasteiger partial charge in [0.05, 0.1) is 11.6 Å². The van der Waals surface area contributed by atoms with Crippen LogP contribution in [0.2, 0.25) is 0 Å². The van der Waals surface area contributed by atoms with Crippen molar-refractivity contribution < 1.29 is 9.90 Å². The lowest BCUT2D eigenvalue weighted by Gasteiger charge is -2.41. The predicted octanol–water partition coefficient (Wildman–Crippen LogP) is -0.199. The normalized spacial score (nSPS) is 37.5. The summed E-state index contributed by atoms with van der Waals surface area (Å²) in [5.41, 5.74) is -0.364. The highest BCUT2D eigenvalue weighted by Crippen LogP contribution is 2.29. The fourth-order valence-corrected chi connectivity index (χ4v) is 2.23. The van der Waals surface area contributed by atoms with Crippen molar-refractivity contribution >= 4 is 18.3 Å². The number of carbonyl (C=O) groups is 1. The number of hydrogen-bond acceptors (Lipinski definition) is 3. The molecule has 3 N–H and O–H groups in total. The molecule has 1 heterocycles. The molecule has 1 aliphatic heterocycles. The van der Waals surface area contributed by atoms with Crippen molar-refractivity contribution in [3.63, 3.8) is 0 Å². The summed E-state index contributed by atoms with van der Waals surface area (Å²) < 4.78 is 0. The van der Waals surface area contributed by atoms with Gasteiger partial charge >= 0.3 is 0 Å². The van der Waals surface area contributed by atoms with E-state index in [4.69, 9.17) is 0 Å². The summed E-state index contributed by atoms with van der Waals surface area (Å²) in [7, 11) is 0. The molecule has 1 saturated carbocycles. The Morgan fingerprint density at radius 1 is 1.29 bits per heavy atom. The molecule has 0 aromatic carbocycles. The molecule has 2 fully saturated rings. The Morgan fingerprint density at radius 2 is 1.93 bits per heavy atom. The van der Waals surface area contributed by atoms with Gasteiger partial charge in [0, 0.05) is 13.1 Å². The summed E-state index contributed by atoms with van der Waals surface area (Å²) in [6.07, 6.45) is 2.79. The summed E-state index contributed by atoms with van der Waals surface area (Å²) >= 11 is 0. The molecule has 5 heteroatoms. The van der Waals surface area contributed by atoms with Crippen molar-refractivity contribution in [2.24, 2.45) is 0 Å². The second-order valence-electron chi connectivity index (χ2n) is 4.00. The fraction of sp³-hybridized carbons (Fsp3) is 0.889. The molecule has 14 heavy (non-hydrogen) atoms. The summed E-state index contributed by atoms with van der Waals surface area (Å²) in [4.78, 5) is 11.6. The molecule has 4 nitrogen and oxygen atoms in total. The van der Waals surface area contributed by atoms with Crippen LogP contribution in [0.1, 0.15) is 25.7 Å². The highest BCUT2D eigenvalue weighted by atomic mass is 35.5. The number of nitrogens with one attached hydrogen (secondary N) is 2. The van der Waals surface area contributed by atoms with E-state index in [1.807, 2.05) is 0 Å². The van der Waals surface area contributed by atoms with Crippen LogP contribution in [0, 0.1) is 0 Å². The summed E-state index contributed by atoms with van der Waals surface area (Å²) in [6.45, 7) is 1.57. The van der Waals surface area contributed by atoms with Crippen molar-refractivity contribution in [3.8, 4) is 0 Å². The van der Waals surface area contributed by atoms with Crippen LogP contribution in [0.25, 0.3) is 0 Å². The first kappa shape index (κ1) is 11.8. The van der Waals surface area contributed by atoms with Gasteiger partial charge in [-0.3, -0.25) is 4.79 Å². The quantitative estimate of drug-likeness (QED) is 0.530. The summed E-state index contributed by atoms with van der Waals surface area (Å²) in [5, 5.41) is 15.5. The number of aliphatic hydroxyl groups excluding tert-OH is 1. The van der Waals surface area contributed by atoms with Gasteiger partial charge < -0.3 is 15.7 Å². The monoisotopic (exact) mass is 220 g/mol. The minimum Gasteiger partial charge on any atom is -0.393 e. The smallest absolute Gasteiger partial charge is 0.240 e. The predicted molar refractivity (Wildman–Crippen MR) is 55.5 cm³/mol. The molecule has 0 radical (unpaired) electrons. The van der Waals surface area contributed by atoms with Crippen molar-refractivity contribution in [1.29, 1.82) is 0 Å². The van der Waals surface area contributed by atoms with Crippen LogP contribution in [0.5, 0.6) is 0 Å². The van der Waals surface area contributed by atoms with Crippen LogP contribution in [0.3, 0.4) is 0 Å². The summed E-state index contributed by atoms with van der Waals surface area (Å²) in [6, 6.07) is 0. The van der Waals surface area contributed by atoms with Crippen molar-refractivity contribution in [2.75, 3.05) is 13.1 Å². The maximum atomic E-state index is 11.6. The van der Waals surface area contributed by atoms with E-state index in [-0.39, 0.29) is 30.0 Å². The minimum atomic E-state index is -0.364. The van der Waals surface area contributed by atoms with Gasteiger partial charge in [0.25, 0.3) is 0 Å². The zero-order valence-electron chi connectivity index (χ0n) is 8.08. The number of aliphatic hydroxyl groups is 1. The first-order valence-corrected chi connectivity index (χ1v) is 4.94. The molecule has 0 bridgehead atoms. The molecule has 1 spiro atoms. The number of amides is 1. The maximum Gasteiger partial charge on any atom is 0.240 e. The highest BCUT2D eigenvalue weighted by Gasteiger charge is 2.42. The van der Waals surface area contributed by atoms with Crippen LogP contribution in [0.15, 0.2) is 0 Å². The van der Waals surface area contributed by atoms with E-state index < -0.39 is 0 Å². The third-order valence-corrected chi connectivity index (χ3v) is 3.12. The van der Waals surface area contributed by atoms with Crippen molar-refractivity contribution in [1.82, 2.24) is 10.6 Å². The Hall–Kier alpha value is -0.320. The molecule has 2 aliphatic rings. The SMILES string of the molecule is Cl.O=C1NCCN[C@]12CC[C@H](O)CC2. The lowest BCUT2D eigenvalue weighted by atomic mass is 9.79. The van der Waals surface area contributed by atoms with Gasteiger partial charge in [-0.25, -0.2) is 0 Å². The molecule has 82 valence electrons. The second kappa shape index (κ2) is 4.47. The van der Waals surface area contributed by atoms with E-state index in [2.05, 4.69) is 10.6 Å². The lowest BCUT2D eigenvalue weighted by molar-refractivity contribution is -0.131. The molecule has 1 aliphatic carbocycles. The van der Waals surface area contributed by atoms with Gasteiger partial charge in [-0.1, -0.05) is 0 Å². The van der Waals surface area contributed by atoms with Gasteiger partial charge in [0.2, 0.25) is 5.91 Å². The molecule has 1 amide bonds. The molecule has 0 unspecified atom stereocenters. The van der Waals surface area contributed by atoms with Crippen LogP contribution in [-0.4, -0.2) is 35.7 Å². The Kier molecular flexibility index (Phi) is 3.75. The van der Waals surface area contributed by atoms with Gasteiger partial charge in [0.1, 0.15) is 0 Å². The van der Waals surface area contributed by atoms with E-state index in [9.17, 15) is 9.90 Å². The van der Waals surface area contributed by atoms with E-state index >= 15 is 0 Å². The van der Waals surface area contributed by atoms with E-state index in [1.165, 1.54) is 0 Å². The van der Waals surface area contributed by atoms with Crippen LogP contribution in [0.4, 0.5) is 0 Å². The number of piperazine rings is 1. The topological polar surface area (TPSA) is 61.4 Å².